The number of hydrogen-bond donors (Lipinski definition) is 0. The molecular weight excluding hydrogens is 306 g/mol. The molecule has 0 fully saturated rings. The van der Waals surface area contributed by atoms with Crippen LogP contribution in [0.15, 0.2) is 91.0 Å². The molecule has 0 nitrogen and oxygen atoms in total. The third-order valence-electron chi connectivity index (χ3n) is 3.48. The van der Waals surface area contributed by atoms with Gasteiger partial charge in [-0.2, -0.15) is 0 Å². The molecule has 0 aliphatic rings. The van der Waals surface area contributed by atoms with Crippen LogP contribution in [-0.4, -0.2) is 0 Å². The Labute approximate surface area is 128 Å². The summed E-state index contributed by atoms with van der Waals surface area (Å²) in [7, 11) is 0. The average molecular weight is 322 g/mol. The Morgan fingerprint density at radius 1 is 0.450 bits per heavy atom. The van der Waals surface area contributed by atoms with Gasteiger partial charge in [0.25, 0.3) is 0 Å². The first-order valence-corrected chi connectivity index (χ1v) is 10.0. The molecule has 0 amide bonds. The van der Waals surface area contributed by atoms with Crippen LogP contribution in [-0.2, 0) is 15.3 Å². The van der Waals surface area contributed by atoms with Gasteiger partial charge in [-0.25, -0.2) is 0 Å². The van der Waals surface area contributed by atoms with E-state index in [0.29, 0.717) is 0 Å². The number of hydrogen-bond acceptors (Lipinski definition) is 0. The summed E-state index contributed by atoms with van der Waals surface area (Å²) in [5.74, 6) is -2.19. The topological polar surface area (TPSA) is 0 Å². The molecule has 2 heteroatoms. The van der Waals surface area contributed by atoms with Crippen LogP contribution >= 0.6 is 5.99 Å². The van der Waals surface area contributed by atoms with Crippen LogP contribution in [0.3, 0.4) is 0 Å². The van der Waals surface area contributed by atoms with Gasteiger partial charge in [0.05, 0.1) is 0 Å². The van der Waals surface area contributed by atoms with Crippen molar-refractivity contribution in [2.45, 2.75) is 0 Å². The molecule has 3 aromatic carbocycles. The van der Waals surface area contributed by atoms with Gasteiger partial charge >= 0.3 is 128 Å². The Hall–Kier alpha value is -1.40. The summed E-state index contributed by atoms with van der Waals surface area (Å²) < 4.78 is 0. The van der Waals surface area contributed by atoms with Crippen LogP contribution < -0.4 is 15.9 Å². The predicted octanol–water partition coefficient (Wildman–Crippen LogP) is 3.17. The molecule has 0 aromatic heterocycles. The van der Waals surface area contributed by atoms with E-state index in [2.05, 4.69) is 91.0 Å². The fourth-order valence-electron chi connectivity index (χ4n) is 2.48. The van der Waals surface area contributed by atoms with Crippen LogP contribution in [0.2, 0.25) is 0 Å². The van der Waals surface area contributed by atoms with Crippen molar-refractivity contribution in [1.82, 2.24) is 0 Å². The van der Waals surface area contributed by atoms with Gasteiger partial charge in [0.2, 0.25) is 0 Å². The van der Waals surface area contributed by atoms with Crippen LogP contribution in [0.1, 0.15) is 0 Å². The fraction of sp³-hybridized carbons (Fsp3) is 0. The molecule has 0 radical (unpaired) electrons. The fourth-order valence-corrected chi connectivity index (χ4v) is 6.95. The molecular formula is C18H16CoP. The van der Waals surface area contributed by atoms with Gasteiger partial charge in [0.15, 0.2) is 0 Å². The van der Waals surface area contributed by atoms with Crippen molar-refractivity contribution < 1.29 is 15.3 Å². The number of benzene rings is 3. The molecule has 0 aliphatic carbocycles. The first-order valence-electron chi connectivity index (χ1n) is 6.65. The van der Waals surface area contributed by atoms with E-state index in [1.54, 1.807) is 0 Å². The second kappa shape index (κ2) is 5.93. The zero-order valence-electron chi connectivity index (χ0n) is 11.0. The summed E-state index contributed by atoms with van der Waals surface area (Å²) in [6.45, 7) is 0. The Bertz CT molecular complexity index is 569. The molecule has 0 atom stereocenters. The summed E-state index contributed by atoms with van der Waals surface area (Å²) >= 11 is 5.29. The first-order chi connectivity index (χ1) is 9.82. The van der Waals surface area contributed by atoms with Crippen LogP contribution in [0.25, 0.3) is 0 Å². The molecule has 0 saturated heterocycles. The van der Waals surface area contributed by atoms with E-state index >= 15 is 0 Å². The van der Waals surface area contributed by atoms with Crippen molar-refractivity contribution in [3.63, 3.8) is 0 Å². The molecule has 20 heavy (non-hydrogen) atoms. The molecule has 0 saturated carbocycles. The summed E-state index contributed by atoms with van der Waals surface area (Å²) in [6.07, 6.45) is 0. The van der Waals surface area contributed by atoms with Crippen molar-refractivity contribution in [3.8, 4) is 0 Å². The Balaban J connectivity index is 2.24. The molecule has 0 heterocycles. The normalized spacial score (nSPS) is 12.1. The van der Waals surface area contributed by atoms with E-state index in [9.17, 15) is 0 Å². The molecule has 0 unspecified atom stereocenters. The van der Waals surface area contributed by atoms with Crippen molar-refractivity contribution in [3.05, 3.63) is 91.0 Å². The average Bonchev–Trinajstić information content (AvgIpc) is 2.56. The van der Waals surface area contributed by atoms with E-state index in [4.69, 9.17) is 15.3 Å². The van der Waals surface area contributed by atoms with Gasteiger partial charge in [0.1, 0.15) is 0 Å². The van der Waals surface area contributed by atoms with E-state index < -0.39 is 5.99 Å². The van der Waals surface area contributed by atoms with E-state index in [-0.39, 0.29) is 0 Å². The second-order valence-corrected chi connectivity index (χ2v) is 10.0. The van der Waals surface area contributed by atoms with Crippen LogP contribution in [0.4, 0.5) is 0 Å². The molecule has 0 spiro atoms. The quantitative estimate of drug-likeness (QED) is 0.650. The third-order valence-corrected chi connectivity index (χ3v) is 9.49. The molecule has 0 N–H and O–H groups in total. The minimum absolute atomic E-state index is 1.32. The Kier molecular flexibility index (Phi) is 4.02. The summed E-state index contributed by atoms with van der Waals surface area (Å²) in [5.41, 5.74) is 0. The maximum absolute atomic E-state index is 5.29. The van der Waals surface area contributed by atoms with Crippen LogP contribution in [0.5, 0.6) is 0 Å². The SMILES string of the molecule is [Co][PH](c1ccccc1)(c1ccccc1)c1ccccc1. The molecule has 3 aromatic rings. The zero-order valence-corrected chi connectivity index (χ0v) is 13.0. The van der Waals surface area contributed by atoms with E-state index in [0.717, 1.165) is 0 Å². The minimum atomic E-state index is -2.19. The van der Waals surface area contributed by atoms with Gasteiger partial charge in [-0.1, -0.05) is 0 Å². The summed E-state index contributed by atoms with van der Waals surface area (Å²) in [5, 5.41) is 3.95. The zero-order chi connectivity index (χ0) is 13.8. The molecule has 102 valence electrons. The van der Waals surface area contributed by atoms with Crippen molar-refractivity contribution in [1.29, 1.82) is 0 Å². The Morgan fingerprint density at radius 3 is 0.950 bits per heavy atom. The van der Waals surface area contributed by atoms with Crippen LogP contribution in [0, 0.1) is 0 Å². The third kappa shape index (κ3) is 2.45. The molecule has 3 rings (SSSR count). The summed E-state index contributed by atoms with van der Waals surface area (Å²) in [4.78, 5) is 0. The van der Waals surface area contributed by atoms with E-state index in [1.165, 1.54) is 15.9 Å². The van der Waals surface area contributed by atoms with Gasteiger partial charge in [-0.3, -0.25) is 0 Å². The molecule has 0 bridgehead atoms. The van der Waals surface area contributed by atoms with Gasteiger partial charge in [-0.05, 0) is 0 Å². The van der Waals surface area contributed by atoms with Gasteiger partial charge < -0.3 is 0 Å². The summed E-state index contributed by atoms with van der Waals surface area (Å²) in [6, 6.07) is 31.9. The van der Waals surface area contributed by atoms with Crippen molar-refractivity contribution in [2.24, 2.45) is 0 Å². The van der Waals surface area contributed by atoms with Gasteiger partial charge in [-0.15, -0.1) is 0 Å². The van der Waals surface area contributed by atoms with E-state index in [1.807, 2.05) is 0 Å². The molecule has 0 aliphatic heterocycles. The standard InChI is InChI=1S/C18H15P.Co/c1-4-10-16(11-5-1)19(17-12-6-2-7-13-17)18-14-8-3-9-15-18;/h1-15H;/q;-1/p+1. The van der Waals surface area contributed by atoms with Crippen molar-refractivity contribution >= 4 is 21.9 Å². The number of rotatable bonds is 3. The van der Waals surface area contributed by atoms with Crippen molar-refractivity contribution in [2.75, 3.05) is 0 Å². The maximum atomic E-state index is 5.29. The second-order valence-electron chi connectivity index (χ2n) is 4.72. The van der Waals surface area contributed by atoms with Gasteiger partial charge in [0, 0.05) is 0 Å². The monoisotopic (exact) mass is 322 g/mol. The Morgan fingerprint density at radius 2 is 0.700 bits per heavy atom. The predicted molar refractivity (Wildman–Crippen MR) is 86.5 cm³/mol. The first kappa shape index (κ1) is 13.6.